The van der Waals surface area contributed by atoms with E-state index in [0.717, 1.165) is 19.3 Å². The van der Waals surface area contributed by atoms with E-state index in [1.807, 2.05) is 0 Å². The fraction of sp³-hybridized carbons (Fsp3) is 0.545. The van der Waals surface area contributed by atoms with Crippen LogP contribution in [0.4, 0.5) is 0 Å². The maximum absolute atomic E-state index is 11.3. The van der Waals surface area contributed by atoms with Crippen LogP contribution in [0, 0.1) is 0 Å². The topological polar surface area (TPSA) is 62.5 Å². The number of carbonyl (C=O) groups is 1. The number of rotatable bonds is 7. The fourth-order valence-corrected chi connectivity index (χ4v) is 1.28. The Morgan fingerprint density at radius 1 is 1.40 bits per heavy atom. The molecule has 4 nitrogen and oxygen atoms in total. The molecule has 0 unspecified atom stereocenters. The summed E-state index contributed by atoms with van der Waals surface area (Å²) in [6.45, 7) is 0.889. The van der Waals surface area contributed by atoms with Crippen LogP contribution >= 0.6 is 0 Å². The van der Waals surface area contributed by atoms with E-state index < -0.39 is 0 Å². The third kappa shape index (κ3) is 5.22. The number of nitrogens with one attached hydrogen (secondary N) is 1. The molecule has 1 rings (SSSR count). The van der Waals surface area contributed by atoms with Crippen LogP contribution in [0.25, 0.3) is 0 Å². The van der Waals surface area contributed by atoms with Crippen LogP contribution in [0.5, 0.6) is 0 Å². The number of carbonyl (C=O) groups excluding carboxylic acids is 1. The van der Waals surface area contributed by atoms with E-state index in [1.165, 1.54) is 0 Å². The lowest BCUT2D eigenvalue weighted by Crippen LogP contribution is -2.25. The van der Waals surface area contributed by atoms with Crippen molar-refractivity contribution in [3.8, 4) is 0 Å². The van der Waals surface area contributed by atoms with Gasteiger partial charge in [0.2, 0.25) is 5.91 Å². The first kappa shape index (κ1) is 11.8. The van der Waals surface area contributed by atoms with Gasteiger partial charge in [-0.2, -0.15) is 0 Å². The molecule has 15 heavy (non-hydrogen) atoms. The molecular weight excluding hydrogens is 194 g/mol. The summed E-state index contributed by atoms with van der Waals surface area (Å²) in [6, 6.07) is 3.55. The minimum atomic E-state index is -0.0195. The lowest BCUT2D eigenvalue weighted by atomic mass is 10.2. The summed E-state index contributed by atoms with van der Waals surface area (Å²) in [6.07, 6.45) is 4.51. The van der Waals surface area contributed by atoms with Crippen molar-refractivity contribution in [3.05, 3.63) is 24.2 Å². The molecule has 0 aliphatic carbocycles. The van der Waals surface area contributed by atoms with Crippen LogP contribution < -0.4 is 5.32 Å². The van der Waals surface area contributed by atoms with Crippen LogP contribution in [0.2, 0.25) is 0 Å². The molecule has 0 bridgehead atoms. The molecule has 2 N–H and O–H groups in total. The Morgan fingerprint density at radius 2 is 2.27 bits per heavy atom. The van der Waals surface area contributed by atoms with E-state index in [9.17, 15) is 4.79 Å². The molecular formula is C11H17NO3. The van der Waals surface area contributed by atoms with Crippen molar-refractivity contribution < 1.29 is 14.3 Å². The van der Waals surface area contributed by atoms with Crippen LogP contribution in [-0.4, -0.2) is 24.2 Å². The summed E-state index contributed by atoms with van der Waals surface area (Å²) in [7, 11) is 0. The van der Waals surface area contributed by atoms with Gasteiger partial charge in [-0.1, -0.05) is 0 Å². The van der Waals surface area contributed by atoms with Crippen molar-refractivity contribution in [1.29, 1.82) is 0 Å². The minimum absolute atomic E-state index is 0.0195. The summed E-state index contributed by atoms with van der Waals surface area (Å²) in [5.74, 6) is 0.664. The minimum Gasteiger partial charge on any atom is -0.469 e. The number of furan rings is 1. The maximum atomic E-state index is 11.3. The summed E-state index contributed by atoms with van der Waals surface area (Å²) in [5, 5.41) is 11.3. The van der Waals surface area contributed by atoms with E-state index in [1.54, 1.807) is 18.4 Å². The first-order chi connectivity index (χ1) is 7.33. The Hall–Kier alpha value is -1.29. The first-order valence-corrected chi connectivity index (χ1v) is 5.23. The van der Waals surface area contributed by atoms with Gasteiger partial charge in [-0.15, -0.1) is 0 Å². The number of amides is 1. The Labute approximate surface area is 89.3 Å². The van der Waals surface area contributed by atoms with Crippen molar-refractivity contribution in [3.63, 3.8) is 0 Å². The van der Waals surface area contributed by atoms with Crippen molar-refractivity contribution in [2.75, 3.05) is 13.2 Å². The molecule has 1 aromatic rings. The largest absolute Gasteiger partial charge is 0.469 e. The Kier molecular flexibility index (Phi) is 5.55. The average Bonchev–Trinajstić information content (AvgIpc) is 2.70. The highest BCUT2D eigenvalue weighted by molar-refractivity contribution is 5.77. The second-order valence-corrected chi connectivity index (χ2v) is 3.39. The second-order valence-electron chi connectivity index (χ2n) is 3.39. The van der Waals surface area contributed by atoms with E-state index in [-0.39, 0.29) is 12.5 Å². The van der Waals surface area contributed by atoms with E-state index in [4.69, 9.17) is 9.52 Å². The van der Waals surface area contributed by atoms with Crippen LogP contribution in [0.3, 0.4) is 0 Å². The predicted molar refractivity (Wildman–Crippen MR) is 56.4 cm³/mol. The van der Waals surface area contributed by atoms with Crippen molar-refractivity contribution in [2.24, 2.45) is 0 Å². The summed E-state index contributed by atoms with van der Waals surface area (Å²) in [4.78, 5) is 11.3. The summed E-state index contributed by atoms with van der Waals surface area (Å²) < 4.78 is 5.06. The molecule has 0 aromatic carbocycles. The molecule has 0 spiro atoms. The molecule has 0 saturated heterocycles. The zero-order valence-electron chi connectivity index (χ0n) is 8.74. The van der Waals surface area contributed by atoms with Gasteiger partial charge in [0.25, 0.3) is 0 Å². The molecule has 0 fully saturated rings. The zero-order chi connectivity index (χ0) is 10.9. The predicted octanol–water partition coefficient (Wildman–Crippen LogP) is 1.10. The van der Waals surface area contributed by atoms with Crippen LogP contribution in [0.1, 0.15) is 25.0 Å². The number of aliphatic hydroxyl groups is 1. The van der Waals surface area contributed by atoms with Gasteiger partial charge in [0, 0.05) is 13.2 Å². The van der Waals surface area contributed by atoms with E-state index >= 15 is 0 Å². The molecule has 1 heterocycles. The lowest BCUT2D eigenvalue weighted by Gasteiger charge is -2.03. The highest BCUT2D eigenvalue weighted by Gasteiger charge is 2.03. The first-order valence-electron chi connectivity index (χ1n) is 5.23. The number of hydrogen-bond donors (Lipinski definition) is 2. The van der Waals surface area contributed by atoms with Gasteiger partial charge in [-0.3, -0.25) is 4.79 Å². The Morgan fingerprint density at radius 3 is 2.93 bits per heavy atom. The standard InChI is InChI=1S/C11H17NO3/c13-7-3-1-2-6-12-11(14)9-10-5-4-8-15-10/h4-5,8,13H,1-3,6-7,9H2,(H,12,14). The Bertz CT molecular complexity index is 269. The molecule has 84 valence electrons. The SMILES string of the molecule is O=C(Cc1ccco1)NCCCCCO. The summed E-state index contributed by atoms with van der Waals surface area (Å²) >= 11 is 0. The number of unbranched alkanes of at least 4 members (excludes halogenated alkanes) is 2. The monoisotopic (exact) mass is 211 g/mol. The summed E-state index contributed by atoms with van der Waals surface area (Å²) in [5.41, 5.74) is 0. The average molecular weight is 211 g/mol. The molecule has 0 aliphatic heterocycles. The van der Waals surface area contributed by atoms with Crippen LogP contribution in [-0.2, 0) is 11.2 Å². The van der Waals surface area contributed by atoms with Gasteiger partial charge < -0.3 is 14.8 Å². The van der Waals surface area contributed by atoms with Gasteiger partial charge in [0.15, 0.2) is 0 Å². The van der Waals surface area contributed by atoms with Crippen LogP contribution in [0.15, 0.2) is 22.8 Å². The second kappa shape index (κ2) is 7.06. The number of aliphatic hydroxyl groups excluding tert-OH is 1. The molecule has 0 atom stereocenters. The van der Waals surface area contributed by atoms with Gasteiger partial charge in [-0.25, -0.2) is 0 Å². The third-order valence-corrected chi connectivity index (χ3v) is 2.07. The van der Waals surface area contributed by atoms with Crippen molar-refractivity contribution in [1.82, 2.24) is 5.32 Å². The number of hydrogen-bond acceptors (Lipinski definition) is 3. The van der Waals surface area contributed by atoms with E-state index in [2.05, 4.69) is 5.32 Å². The molecule has 1 aromatic heterocycles. The molecule has 0 aliphatic rings. The lowest BCUT2D eigenvalue weighted by molar-refractivity contribution is -0.120. The molecule has 0 saturated carbocycles. The van der Waals surface area contributed by atoms with Gasteiger partial charge in [0.1, 0.15) is 5.76 Å². The maximum Gasteiger partial charge on any atom is 0.227 e. The van der Waals surface area contributed by atoms with Crippen molar-refractivity contribution >= 4 is 5.91 Å². The quantitative estimate of drug-likeness (QED) is 0.664. The highest BCUT2D eigenvalue weighted by Crippen LogP contribution is 2.00. The zero-order valence-corrected chi connectivity index (χ0v) is 8.74. The van der Waals surface area contributed by atoms with Gasteiger partial charge in [0.05, 0.1) is 12.7 Å². The van der Waals surface area contributed by atoms with E-state index in [0.29, 0.717) is 18.7 Å². The molecule has 4 heteroatoms. The molecule has 1 amide bonds. The van der Waals surface area contributed by atoms with Gasteiger partial charge >= 0.3 is 0 Å². The normalized spacial score (nSPS) is 10.2. The third-order valence-electron chi connectivity index (χ3n) is 2.07. The fourth-order valence-electron chi connectivity index (χ4n) is 1.28. The highest BCUT2D eigenvalue weighted by atomic mass is 16.3. The van der Waals surface area contributed by atoms with Crippen molar-refractivity contribution in [2.45, 2.75) is 25.7 Å². The molecule has 0 radical (unpaired) electrons. The smallest absolute Gasteiger partial charge is 0.227 e. The Balaban J connectivity index is 2.04. The van der Waals surface area contributed by atoms with Gasteiger partial charge in [-0.05, 0) is 31.4 Å².